The predicted octanol–water partition coefficient (Wildman–Crippen LogP) is -0.456. The second kappa shape index (κ2) is 4.01. The molecule has 1 aromatic rings. The molecule has 0 spiro atoms. The molecule has 0 aliphatic heterocycles. The molecule has 0 radical (unpaired) electrons. The zero-order chi connectivity index (χ0) is 9.84. The lowest BCUT2D eigenvalue weighted by Crippen LogP contribution is -2.21. The number of carbonyl (C=O) groups is 1. The molecule has 2 atom stereocenters. The second-order valence-corrected chi connectivity index (χ2v) is 2.57. The van der Waals surface area contributed by atoms with Gasteiger partial charge < -0.3 is 19.8 Å². The Bertz CT molecular complexity index is 270. The van der Waals surface area contributed by atoms with E-state index in [1.54, 1.807) is 0 Å². The van der Waals surface area contributed by atoms with Crippen LogP contribution < -0.4 is 0 Å². The van der Waals surface area contributed by atoms with E-state index in [2.05, 4.69) is 9.68 Å². The Balaban J connectivity index is 2.57. The van der Waals surface area contributed by atoms with Gasteiger partial charge in [0.15, 0.2) is 0 Å². The molecule has 3 N–H and O–H groups in total. The number of aliphatic carboxylic acids is 1. The fourth-order valence-electron chi connectivity index (χ4n) is 0.872. The van der Waals surface area contributed by atoms with Crippen LogP contribution in [0.1, 0.15) is 18.1 Å². The molecule has 2 unspecified atom stereocenters. The number of carboxylic acid groups (broad SMARTS) is 1. The number of aromatic nitrogens is 1. The normalized spacial score (nSPS) is 15.2. The van der Waals surface area contributed by atoms with Gasteiger partial charge in [-0.1, -0.05) is 5.16 Å². The van der Waals surface area contributed by atoms with Crippen LogP contribution in [0, 0.1) is 0 Å². The van der Waals surface area contributed by atoms with Gasteiger partial charge in [-0.15, -0.1) is 0 Å². The number of carboxylic acids is 1. The molecule has 0 fully saturated rings. The molecule has 0 aromatic carbocycles. The van der Waals surface area contributed by atoms with Crippen molar-refractivity contribution in [1.29, 1.82) is 0 Å². The van der Waals surface area contributed by atoms with Crippen molar-refractivity contribution in [3.8, 4) is 0 Å². The average Bonchev–Trinajstić information content (AvgIpc) is 2.53. The minimum atomic E-state index is -1.35. The maximum Gasteiger partial charge on any atom is 0.306 e. The van der Waals surface area contributed by atoms with E-state index in [0.29, 0.717) is 0 Å². The van der Waals surface area contributed by atoms with Crippen LogP contribution in [-0.4, -0.2) is 32.5 Å². The van der Waals surface area contributed by atoms with Crippen LogP contribution in [0.25, 0.3) is 0 Å². The summed E-state index contributed by atoms with van der Waals surface area (Å²) in [5.74, 6) is -1.18. The SMILES string of the molecule is O=C(O)CC(O)C(O)c1cnoc1. The van der Waals surface area contributed by atoms with Crippen molar-refractivity contribution in [2.45, 2.75) is 18.6 Å². The Hall–Kier alpha value is -1.40. The van der Waals surface area contributed by atoms with Crippen molar-refractivity contribution in [3.05, 3.63) is 18.0 Å². The van der Waals surface area contributed by atoms with Crippen molar-refractivity contribution in [1.82, 2.24) is 5.16 Å². The third-order valence-corrected chi connectivity index (χ3v) is 1.54. The van der Waals surface area contributed by atoms with Gasteiger partial charge in [0, 0.05) is 5.56 Å². The molecule has 6 heteroatoms. The first kappa shape index (κ1) is 9.69. The molecule has 0 saturated carbocycles. The first-order valence-corrected chi connectivity index (χ1v) is 3.58. The largest absolute Gasteiger partial charge is 0.481 e. The lowest BCUT2D eigenvalue weighted by Gasteiger charge is -2.13. The van der Waals surface area contributed by atoms with Crippen LogP contribution in [0.3, 0.4) is 0 Å². The molecule has 1 heterocycles. The topological polar surface area (TPSA) is 104 Å². The minimum Gasteiger partial charge on any atom is -0.481 e. The molecular weight excluding hydrogens is 178 g/mol. The van der Waals surface area contributed by atoms with Gasteiger partial charge in [-0.25, -0.2) is 0 Å². The van der Waals surface area contributed by atoms with E-state index in [0.717, 1.165) is 6.26 Å². The van der Waals surface area contributed by atoms with Crippen LogP contribution in [0.5, 0.6) is 0 Å². The van der Waals surface area contributed by atoms with Crippen molar-refractivity contribution in [3.63, 3.8) is 0 Å². The quantitative estimate of drug-likeness (QED) is 0.589. The summed E-state index contributed by atoms with van der Waals surface area (Å²) >= 11 is 0. The summed E-state index contributed by atoms with van der Waals surface area (Å²) in [6.45, 7) is 0. The van der Waals surface area contributed by atoms with E-state index in [1.807, 2.05) is 0 Å². The van der Waals surface area contributed by atoms with E-state index >= 15 is 0 Å². The first-order valence-electron chi connectivity index (χ1n) is 3.58. The molecule has 0 aliphatic carbocycles. The van der Waals surface area contributed by atoms with E-state index in [-0.39, 0.29) is 5.56 Å². The first-order chi connectivity index (χ1) is 6.11. The Morgan fingerprint density at radius 1 is 1.62 bits per heavy atom. The number of hydrogen-bond donors (Lipinski definition) is 3. The molecule has 1 aromatic heterocycles. The fraction of sp³-hybridized carbons (Fsp3) is 0.429. The molecule has 72 valence electrons. The van der Waals surface area contributed by atoms with Crippen molar-refractivity contribution < 1.29 is 24.6 Å². The van der Waals surface area contributed by atoms with Crippen LogP contribution >= 0.6 is 0 Å². The monoisotopic (exact) mass is 187 g/mol. The van der Waals surface area contributed by atoms with E-state index < -0.39 is 24.6 Å². The highest BCUT2D eigenvalue weighted by Crippen LogP contribution is 2.17. The molecule has 0 amide bonds. The highest BCUT2D eigenvalue weighted by atomic mass is 16.5. The summed E-state index contributed by atoms with van der Waals surface area (Å²) in [5, 5.41) is 30.1. The summed E-state index contributed by atoms with van der Waals surface area (Å²) < 4.78 is 4.42. The smallest absolute Gasteiger partial charge is 0.306 e. The van der Waals surface area contributed by atoms with Gasteiger partial charge in [0.05, 0.1) is 18.7 Å². The van der Waals surface area contributed by atoms with Gasteiger partial charge in [0.25, 0.3) is 0 Å². The van der Waals surface area contributed by atoms with Crippen LogP contribution in [0.4, 0.5) is 0 Å². The van der Waals surface area contributed by atoms with Gasteiger partial charge in [-0.05, 0) is 0 Å². The van der Waals surface area contributed by atoms with Crippen LogP contribution in [0.2, 0.25) is 0 Å². The van der Waals surface area contributed by atoms with Crippen molar-refractivity contribution >= 4 is 5.97 Å². The van der Waals surface area contributed by atoms with Crippen LogP contribution in [-0.2, 0) is 4.79 Å². The van der Waals surface area contributed by atoms with Gasteiger partial charge >= 0.3 is 5.97 Å². The predicted molar refractivity (Wildman–Crippen MR) is 39.7 cm³/mol. The minimum absolute atomic E-state index is 0.258. The molecule has 0 aliphatic rings. The molecule has 6 nitrogen and oxygen atoms in total. The van der Waals surface area contributed by atoms with E-state index in [4.69, 9.17) is 10.2 Å². The lowest BCUT2D eigenvalue weighted by molar-refractivity contribution is -0.141. The third kappa shape index (κ3) is 2.53. The zero-order valence-electron chi connectivity index (χ0n) is 6.62. The number of hydrogen-bond acceptors (Lipinski definition) is 5. The van der Waals surface area contributed by atoms with E-state index in [1.165, 1.54) is 6.20 Å². The lowest BCUT2D eigenvalue weighted by atomic mass is 10.1. The molecule has 0 saturated heterocycles. The third-order valence-electron chi connectivity index (χ3n) is 1.54. The Kier molecular flexibility index (Phi) is 2.99. The van der Waals surface area contributed by atoms with Gasteiger partial charge in [-0.2, -0.15) is 0 Å². The summed E-state index contributed by atoms with van der Waals surface area (Å²) in [5.41, 5.74) is 0.258. The van der Waals surface area contributed by atoms with Gasteiger partial charge in [-0.3, -0.25) is 4.79 Å². The zero-order valence-corrected chi connectivity index (χ0v) is 6.62. The Labute approximate surface area is 73.4 Å². The second-order valence-electron chi connectivity index (χ2n) is 2.57. The number of aliphatic hydroxyl groups is 2. The van der Waals surface area contributed by atoms with Crippen LogP contribution in [0.15, 0.2) is 17.0 Å². The number of nitrogens with zero attached hydrogens (tertiary/aromatic N) is 1. The maximum atomic E-state index is 10.2. The number of aliphatic hydroxyl groups excluding tert-OH is 2. The highest BCUT2D eigenvalue weighted by Gasteiger charge is 2.22. The molecule has 0 bridgehead atoms. The van der Waals surface area contributed by atoms with Gasteiger partial charge in [0.2, 0.25) is 0 Å². The Morgan fingerprint density at radius 2 is 2.31 bits per heavy atom. The summed E-state index contributed by atoms with van der Waals surface area (Å²) in [6.07, 6.45) is -0.781. The van der Waals surface area contributed by atoms with Crippen molar-refractivity contribution in [2.75, 3.05) is 0 Å². The molecule has 13 heavy (non-hydrogen) atoms. The standard InChI is InChI=1S/C7H9NO5/c9-5(1-6(10)11)7(12)4-2-8-13-3-4/h2-3,5,7,9,12H,1H2,(H,10,11). The maximum absolute atomic E-state index is 10.2. The fourth-order valence-corrected chi connectivity index (χ4v) is 0.872. The van der Waals surface area contributed by atoms with Crippen molar-refractivity contribution in [2.24, 2.45) is 0 Å². The highest BCUT2D eigenvalue weighted by molar-refractivity contribution is 5.67. The molecular formula is C7H9NO5. The van der Waals surface area contributed by atoms with Gasteiger partial charge in [0.1, 0.15) is 12.4 Å². The molecule has 1 rings (SSSR count). The Morgan fingerprint density at radius 3 is 2.77 bits per heavy atom. The van der Waals surface area contributed by atoms with E-state index in [9.17, 15) is 9.90 Å². The average molecular weight is 187 g/mol. The number of rotatable bonds is 4. The summed E-state index contributed by atoms with van der Waals surface area (Å²) in [4.78, 5) is 10.2. The summed E-state index contributed by atoms with van der Waals surface area (Å²) in [6, 6.07) is 0. The summed E-state index contributed by atoms with van der Waals surface area (Å²) in [7, 11) is 0.